The van der Waals surface area contributed by atoms with Crippen LogP contribution < -0.4 is 10.2 Å². The summed E-state index contributed by atoms with van der Waals surface area (Å²) in [7, 11) is 0. The zero-order chi connectivity index (χ0) is 25.9. The van der Waals surface area contributed by atoms with Crippen molar-refractivity contribution in [3.05, 3.63) is 78.9 Å². The van der Waals surface area contributed by atoms with E-state index in [1.165, 1.54) is 19.3 Å². The van der Waals surface area contributed by atoms with Crippen molar-refractivity contribution in [3.8, 4) is 11.4 Å². The van der Waals surface area contributed by atoms with Crippen molar-refractivity contribution in [2.75, 3.05) is 18.0 Å². The minimum Gasteiger partial charge on any atom is -0.359 e. The first kappa shape index (κ1) is 24.6. The molecule has 37 heavy (non-hydrogen) atoms. The Hall–Kier alpha value is -4.13. The third-order valence-electron chi connectivity index (χ3n) is 7.04. The molecule has 0 saturated carbocycles. The molecular formula is C30H35N7. The number of fused-ring (bicyclic) bond motifs is 2. The van der Waals surface area contributed by atoms with Gasteiger partial charge in [-0.15, -0.1) is 0 Å². The number of anilines is 1. The summed E-state index contributed by atoms with van der Waals surface area (Å²) in [6, 6.07) is 6.35. The van der Waals surface area contributed by atoms with Crippen LogP contribution in [0.2, 0.25) is 0 Å². The van der Waals surface area contributed by atoms with Gasteiger partial charge in [0.05, 0.1) is 16.9 Å². The van der Waals surface area contributed by atoms with Crippen molar-refractivity contribution in [1.82, 2.24) is 30.5 Å². The average Bonchev–Trinajstić information content (AvgIpc) is 3.54. The number of piperidine rings is 1. The molecule has 1 fully saturated rings. The molecule has 190 valence electrons. The highest BCUT2D eigenvalue weighted by Crippen LogP contribution is 2.33. The Labute approximate surface area is 218 Å². The van der Waals surface area contributed by atoms with Crippen molar-refractivity contribution in [2.45, 2.75) is 40.0 Å². The normalized spacial score (nSPS) is 15.1. The second-order valence-electron chi connectivity index (χ2n) is 9.87. The molecule has 0 atom stereocenters. The summed E-state index contributed by atoms with van der Waals surface area (Å²) in [6.07, 6.45) is 13.4. The lowest BCUT2D eigenvalue weighted by Crippen LogP contribution is -2.30. The second kappa shape index (κ2) is 10.5. The van der Waals surface area contributed by atoms with Gasteiger partial charge in [0, 0.05) is 53.2 Å². The van der Waals surface area contributed by atoms with Gasteiger partial charge in [-0.25, -0.2) is 9.97 Å². The maximum absolute atomic E-state index is 4.74. The largest absolute Gasteiger partial charge is 0.359 e. The zero-order valence-electron chi connectivity index (χ0n) is 21.9. The van der Waals surface area contributed by atoms with Gasteiger partial charge in [-0.1, -0.05) is 33.1 Å². The molecule has 0 radical (unpaired) electrons. The summed E-state index contributed by atoms with van der Waals surface area (Å²) in [5.74, 6) is 1.38. The van der Waals surface area contributed by atoms with Crippen LogP contribution in [0.25, 0.3) is 38.9 Å². The zero-order valence-corrected chi connectivity index (χ0v) is 21.9. The van der Waals surface area contributed by atoms with Gasteiger partial charge in [0.15, 0.2) is 5.65 Å². The van der Waals surface area contributed by atoms with Gasteiger partial charge in [-0.2, -0.15) is 5.10 Å². The van der Waals surface area contributed by atoms with Crippen LogP contribution in [-0.4, -0.2) is 38.2 Å². The molecule has 0 aromatic carbocycles. The van der Waals surface area contributed by atoms with Gasteiger partial charge in [0.25, 0.3) is 0 Å². The number of allylic oxidation sites excluding steroid dienone is 5. The van der Waals surface area contributed by atoms with Crippen molar-refractivity contribution in [1.29, 1.82) is 0 Å². The predicted octanol–water partition coefficient (Wildman–Crippen LogP) is 6.72. The van der Waals surface area contributed by atoms with E-state index in [2.05, 4.69) is 81.7 Å². The van der Waals surface area contributed by atoms with E-state index < -0.39 is 0 Å². The molecular weight excluding hydrogens is 458 g/mol. The molecule has 1 saturated heterocycles. The molecule has 5 heterocycles. The summed E-state index contributed by atoms with van der Waals surface area (Å²) >= 11 is 0. The first-order chi connectivity index (χ1) is 18.0. The minimum absolute atomic E-state index is 0.325. The van der Waals surface area contributed by atoms with Crippen molar-refractivity contribution >= 4 is 33.3 Å². The first-order valence-corrected chi connectivity index (χ1v) is 13.0. The van der Waals surface area contributed by atoms with Crippen LogP contribution in [0.5, 0.6) is 0 Å². The van der Waals surface area contributed by atoms with Crippen LogP contribution in [0.3, 0.4) is 0 Å². The quantitative estimate of drug-likeness (QED) is 0.237. The SMILES string of the molecule is C=C/C(=C\C(=C/C)c1cnc2n[nH]c(-c3cc4c(N5CCCCC5)nccc4[nH]3)c2c1)NC(=C)C(C)C. The van der Waals surface area contributed by atoms with Crippen LogP contribution in [0.15, 0.2) is 73.4 Å². The predicted molar refractivity (Wildman–Crippen MR) is 154 cm³/mol. The number of aromatic amines is 2. The smallest absolute Gasteiger partial charge is 0.181 e. The summed E-state index contributed by atoms with van der Waals surface area (Å²) in [5, 5.41) is 13.2. The van der Waals surface area contributed by atoms with E-state index in [0.717, 1.165) is 69.1 Å². The lowest BCUT2D eigenvalue weighted by atomic mass is 10.0. The van der Waals surface area contributed by atoms with Gasteiger partial charge in [0.1, 0.15) is 5.82 Å². The Morgan fingerprint density at radius 1 is 1.14 bits per heavy atom. The molecule has 4 aromatic heterocycles. The van der Waals surface area contributed by atoms with Crippen LogP contribution in [0, 0.1) is 5.92 Å². The van der Waals surface area contributed by atoms with Crippen LogP contribution in [0.4, 0.5) is 5.82 Å². The average molecular weight is 494 g/mol. The number of aromatic nitrogens is 5. The van der Waals surface area contributed by atoms with Gasteiger partial charge < -0.3 is 15.2 Å². The third-order valence-corrected chi connectivity index (χ3v) is 7.04. The Kier molecular flexibility index (Phi) is 6.95. The number of hydrogen-bond acceptors (Lipinski definition) is 5. The molecule has 0 aliphatic carbocycles. The fraction of sp³-hybridized carbons (Fsp3) is 0.300. The molecule has 7 nitrogen and oxygen atoms in total. The summed E-state index contributed by atoms with van der Waals surface area (Å²) in [4.78, 5) is 15.4. The molecule has 3 N–H and O–H groups in total. The number of nitrogens with zero attached hydrogens (tertiary/aromatic N) is 4. The van der Waals surface area contributed by atoms with Gasteiger partial charge in [-0.05, 0) is 68.0 Å². The fourth-order valence-corrected chi connectivity index (χ4v) is 4.77. The summed E-state index contributed by atoms with van der Waals surface area (Å²) in [5.41, 5.74) is 7.52. The molecule has 0 unspecified atom stereocenters. The van der Waals surface area contributed by atoms with Crippen molar-refractivity contribution in [3.63, 3.8) is 0 Å². The van der Waals surface area contributed by atoms with E-state index in [4.69, 9.17) is 4.98 Å². The van der Waals surface area contributed by atoms with Crippen LogP contribution in [-0.2, 0) is 0 Å². The van der Waals surface area contributed by atoms with Gasteiger partial charge in [0.2, 0.25) is 0 Å². The van der Waals surface area contributed by atoms with E-state index in [9.17, 15) is 0 Å². The summed E-state index contributed by atoms with van der Waals surface area (Å²) < 4.78 is 0. The first-order valence-electron chi connectivity index (χ1n) is 13.0. The standard InChI is InChI=1S/C30H35N7/c1-6-21(15-23(7-2)33-20(5)19(3)4)22-16-25-28(35-36-29(25)32-18-22)27-17-24-26(34-27)11-12-31-30(24)37-13-9-8-10-14-37/h6-7,11-12,15-19,33-34H,2,5,8-10,13-14H2,1,3-4H3,(H,32,35,36)/b21-6+,23-15+. The number of rotatable bonds is 8. The third kappa shape index (κ3) is 4.94. The molecule has 0 amide bonds. The van der Waals surface area contributed by atoms with E-state index in [1.807, 2.05) is 31.5 Å². The number of hydrogen-bond donors (Lipinski definition) is 3. The van der Waals surface area contributed by atoms with Crippen LogP contribution >= 0.6 is 0 Å². The fourth-order valence-electron chi connectivity index (χ4n) is 4.77. The molecule has 4 aromatic rings. The minimum atomic E-state index is 0.325. The van der Waals surface area contributed by atoms with E-state index in [1.54, 1.807) is 0 Å². The number of nitrogens with one attached hydrogen (secondary N) is 3. The molecule has 1 aliphatic heterocycles. The second-order valence-corrected chi connectivity index (χ2v) is 9.87. The topological polar surface area (TPSA) is 85.5 Å². The maximum Gasteiger partial charge on any atom is 0.181 e. The molecule has 7 heteroatoms. The van der Waals surface area contributed by atoms with E-state index in [0.29, 0.717) is 11.6 Å². The highest BCUT2D eigenvalue weighted by Gasteiger charge is 2.18. The lowest BCUT2D eigenvalue weighted by molar-refractivity contribution is 0.575. The van der Waals surface area contributed by atoms with E-state index in [-0.39, 0.29) is 0 Å². The highest BCUT2D eigenvalue weighted by atomic mass is 15.2. The Bertz CT molecular complexity index is 1510. The number of H-pyrrole nitrogens is 2. The monoisotopic (exact) mass is 493 g/mol. The van der Waals surface area contributed by atoms with E-state index >= 15 is 0 Å². The van der Waals surface area contributed by atoms with Crippen LogP contribution in [0.1, 0.15) is 45.6 Å². The molecule has 1 aliphatic rings. The van der Waals surface area contributed by atoms with Gasteiger partial charge >= 0.3 is 0 Å². The lowest BCUT2D eigenvalue weighted by Gasteiger charge is -2.28. The number of pyridine rings is 2. The Morgan fingerprint density at radius 2 is 1.95 bits per heavy atom. The maximum atomic E-state index is 4.74. The Morgan fingerprint density at radius 3 is 2.68 bits per heavy atom. The van der Waals surface area contributed by atoms with Gasteiger partial charge in [-0.3, -0.25) is 5.10 Å². The summed E-state index contributed by atoms with van der Waals surface area (Å²) in [6.45, 7) is 16.5. The Balaban J connectivity index is 1.52. The van der Waals surface area contributed by atoms with Crippen molar-refractivity contribution < 1.29 is 0 Å². The van der Waals surface area contributed by atoms with Crippen molar-refractivity contribution in [2.24, 2.45) is 5.92 Å². The highest BCUT2D eigenvalue weighted by molar-refractivity contribution is 5.99. The molecule has 5 rings (SSSR count). The molecule has 0 spiro atoms. The molecule has 0 bridgehead atoms.